The molecule has 36 heavy (non-hydrogen) atoms. The zero-order valence-corrected chi connectivity index (χ0v) is 22.0. The van der Waals surface area contributed by atoms with E-state index in [0.717, 1.165) is 11.1 Å². The third-order valence-electron chi connectivity index (χ3n) is 4.92. The first-order valence-corrected chi connectivity index (χ1v) is 12.1. The van der Waals surface area contributed by atoms with E-state index in [-0.39, 0.29) is 12.3 Å². The molecule has 8 heteroatoms. The summed E-state index contributed by atoms with van der Waals surface area (Å²) in [5.74, 6) is -0.146. The highest BCUT2D eigenvalue weighted by molar-refractivity contribution is 5.86. The first-order valence-electron chi connectivity index (χ1n) is 12.1. The van der Waals surface area contributed by atoms with Gasteiger partial charge in [0.05, 0.1) is 0 Å². The number of hydrogen-bond acceptors (Lipinski definition) is 6. The average molecular weight is 499 g/mol. The highest BCUT2D eigenvalue weighted by atomic mass is 16.6. The molecule has 2 aromatic rings. The van der Waals surface area contributed by atoms with Gasteiger partial charge in [-0.2, -0.15) is 0 Å². The number of esters is 1. The van der Waals surface area contributed by atoms with E-state index in [4.69, 9.17) is 14.2 Å². The fourth-order valence-corrected chi connectivity index (χ4v) is 3.41. The summed E-state index contributed by atoms with van der Waals surface area (Å²) >= 11 is 0. The summed E-state index contributed by atoms with van der Waals surface area (Å²) in [4.78, 5) is 37.0. The van der Waals surface area contributed by atoms with E-state index in [2.05, 4.69) is 10.6 Å². The minimum absolute atomic E-state index is 0.131. The molecule has 0 bridgehead atoms. The zero-order chi connectivity index (χ0) is 26.7. The Balaban J connectivity index is 2.03. The number of carbonyl (C=O) groups is 3. The van der Waals surface area contributed by atoms with Crippen molar-refractivity contribution in [1.29, 1.82) is 0 Å². The molecule has 0 radical (unpaired) electrons. The molecule has 0 spiro atoms. The molecular weight excluding hydrogens is 460 g/mol. The summed E-state index contributed by atoms with van der Waals surface area (Å²) in [6, 6.07) is 16.4. The third kappa shape index (κ3) is 11.3. The molecule has 0 saturated heterocycles. The summed E-state index contributed by atoms with van der Waals surface area (Å²) in [7, 11) is 0. The van der Waals surface area contributed by atoms with Gasteiger partial charge in [0, 0.05) is 13.3 Å². The Hall–Kier alpha value is -3.55. The van der Waals surface area contributed by atoms with Crippen LogP contribution in [0.15, 0.2) is 54.6 Å². The second-order valence-corrected chi connectivity index (χ2v) is 10.1. The van der Waals surface area contributed by atoms with Gasteiger partial charge >= 0.3 is 12.1 Å². The van der Waals surface area contributed by atoms with E-state index in [1.165, 1.54) is 6.92 Å². The SMILES string of the molecule is CC(=O)O[C@H](Cc1ccc(OCc2ccccc2)cc1)NC(=O)[C@H](CC(C)C)NC(=O)OC(C)(C)C. The summed E-state index contributed by atoms with van der Waals surface area (Å²) in [5.41, 5.74) is 1.21. The van der Waals surface area contributed by atoms with Crippen molar-refractivity contribution in [2.24, 2.45) is 5.92 Å². The standard InChI is InChI=1S/C28H38N2O6/c1-19(2)16-24(29-27(33)36-28(4,5)6)26(32)30-25(35-20(3)31)17-21-12-14-23(15-13-21)34-18-22-10-8-7-9-11-22/h7-15,19,24-25H,16-18H2,1-6H3,(H,29,33)(H,30,32)/t24-,25+/m0/s1. The van der Waals surface area contributed by atoms with Gasteiger partial charge in [-0.25, -0.2) is 4.79 Å². The second kappa shape index (κ2) is 13.5. The molecule has 2 aromatic carbocycles. The van der Waals surface area contributed by atoms with Gasteiger partial charge in [-0.05, 0) is 56.4 Å². The summed E-state index contributed by atoms with van der Waals surface area (Å²) in [5, 5.41) is 5.38. The quantitative estimate of drug-likeness (QED) is 0.342. The van der Waals surface area contributed by atoms with Crippen LogP contribution in [0.1, 0.15) is 59.1 Å². The Morgan fingerprint density at radius 3 is 2.08 bits per heavy atom. The van der Waals surface area contributed by atoms with Crippen molar-refractivity contribution in [2.75, 3.05) is 0 Å². The van der Waals surface area contributed by atoms with E-state index in [0.29, 0.717) is 18.8 Å². The Morgan fingerprint density at radius 1 is 0.889 bits per heavy atom. The van der Waals surface area contributed by atoms with Crippen LogP contribution in [-0.2, 0) is 32.1 Å². The summed E-state index contributed by atoms with van der Waals surface area (Å²) < 4.78 is 16.5. The highest BCUT2D eigenvalue weighted by Crippen LogP contribution is 2.16. The Kier molecular flexibility index (Phi) is 10.8. The fourth-order valence-electron chi connectivity index (χ4n) is 3.41. The molecule has 0 saturated carbocycles. The van der Waals surface area contributed by atoms with Crippen LogP contribution < -0.4 is 15.4 Å². The van der Waals surface area contributed by atoms with Crippen molar-refractivity contribution in [3.05, 3.63) is 65.7 Å². The lowest BCUT2D eigenvalue weighted by atomic mass is 10.0. The van der Waals surface area contributed by atoms with Crippen LogP contribution in [0, 0.1) is 5.92 Å². The topological polar surface area (TPSA) is 103 Å². The van der Waals surface area contributed by atoms with Gasteiger partial charge in [-0.15, -0.1) is 0 Å². The molecule has 0 aromatic heterocycles. The van der Waals surface area contributed by atoms with Crippen molar-refractivity contribution in [2.45, 2.75) is 78.9 Å². The van der Waals surface area contributed by atoms with E-state index < -0.39 is 35.8 Å². The molecular formula is C28H38N2O6. The number of ether oxygens (including phenoxy) is 3. The molecule has 0 aliphatic carbocycles. The smallest absolute Gasteiger partial charge is 0.408 e. The first kappa shape index (κ1) is 28.7. The van der Waals surface area contributed by atoms with Gasteiger partial charge in [0.25, 0.3) is 0 Å². The van der Waals surface area contributed by atoms with Gasteiger partial charge < -0.3 is 24.8 Å². The molecule has 0 heterocycles. The van der Waals surface area contributed by atoms with Gasteiger partial charge in [-0.1, -0.05) is 56.3 Å². The minimum atomic E-state index is -0.902. The Labute approximate surface area is 213 Å². The summed E-state index contributed by atoms with van der Waals surface area (Å²) in [6.07, 6.45) is -0.934. The maximum Gasteiger partial charge on any atom is 0.408 e. The first-order chi connectivity index (χ1) is 16.9. The molecule has 196 valence electrons. The molecule has 2 rings (SSSR count). The van der Waals surface area contributed by atoms with Crippen LogP contribution in [-0.4, -0.2) is 35.8 Å². The number of amides is 2. The molecule has 2 atom stereocenters. The van der Waals surface area contributed by atoms with Crippen molar-refractivity contribution >= 4 is 18.0 Å². The van der Waals surface area contributed by atoms with Crippen LogP contribution in [0.2, 0.25) is 0 Å². The molecule has 0 unspecified atom stereocenters. The molecule has 2 amide bonds. The predicted molar refractivity (Wildman–Crippen MR) is 137 cm³/mol. The van der Waals surface area contributed by atoms with Crippen molar-refractivity contribution in [3.63, 3.8) is 0 Å². The highest BCUT2D eigenvalue weighted by Gasteiger charge is 2.27. The summed E-state index contributed by atoms with van der Waals surface area (Å²) in [6.45, 7) is 10.9. The molecule has 0 aliphatic rings. The zero-order valence-electron chi connectivity index (χ0n) is 22.0. The lowest BCUT2D eigenvalue weighted by Gasteiger charge is -2.26. The third-order valence-corrected chi connectivity index (χ3v) is 4.92. The van der Waals surface area contributed by atoms with Crippen LogP contribution >= 0.6 is 0 Å². The van der Waals surface area contributed by atoms with Crippen molar-refractivity contribution < 1.29 is 28.6 Å². The Morgan fingerprint density at radius 2 is 1.53 bits per heavy atom. The second-order valence-electron chi connectivity index (χ2n) is 10.1. The van der Waals surface area contributed by atoms with E-state index in [9.17, 15) is 14.4 Å². The number of alkyl carbamates (subject to hydrolysis) is 1. The lowest BCUT2D eigenvalue weighted by molar-refractivity contribution is -0.149. The fraction of sp³-hybridized carbons (Fsp3) is 0.464. The monoisotopic (exact) mass is 498 g/mol. The van der Waals surface area contributed by atoms with Gasteiger partial charge in [0.1, 0.15) is 24.0 Å². The van der Waals surface area contributed by atoms with Gasteiger partial charge in [-0.3, -0.25) is 9.59 Å². The minimum Gasteiger partial charge on any atom is -0.489 e. The molecule has 2 N–H and O–H groups in total. The van der Waals surface area contributed by atoms with E-state index >= 15 is 0 Å². The van der Waals surface area contributed by atoms with Crippen LogP contribution in [0.5, 0.6) is 5.75 Å². The van der Waals surface area contributed by atoms with E-state index in [1.54, 1.807) is 20.8 Å². The number of hydrogen-bond donors (Lipinski definition) is 2. The van der Waals surface area contributed by atoms with Gasteiger partial charge in [0.15, 0.2) is 6.23 Å². The molecule has 0 fully saturated rings. The number of nitrogens with one attached hydrogen (secondary N) is 2. The van der Waals surface area contributed by atoms with Gasteiger partial charge in [0.2, 0.25) is 5.91 Å². The van der Waals surface area contributed by atoms with Crippen LogP contribution in [0.4, 0.5) is 4.79 Å². The maximum atomic E-state index is 13.0. The van der Waals surface area contributed by atoms with E-state index in [1.807, 2.05) is 68.4 Å². The van der Waals surface area contributed by atoms with Crippen LogP contribution in [0.25, 0.3) is 0 Å². The maximum absolute atomic E-state index is 13.0. The predicted octanol–water partition coefficient (Wildman–Crippen LogP) is 4.75. The number of carbonyl (C=O) groups excluding carboxylic acids is 3. The number of rotatable bonds is 11. The Bertz CT molecular complexity index is 983. The largest absolute Gasteiger partial charge is 0.489 e. The average Bonchev–Trinajstić information content (AvgIpc) is 2.77. The van der Waals surface area contributed by atoms with Crippen LogP contribution in [0.3, 0.4) is 0 Å². The number of benzene rings is 2. The molecule has 0 aliphatic heterocycles. The van der Waals surface area contributed by atoms with Crippen molar-refractivity contribution in [3.8, 4) is 5.75 Å². The normalized spacial score (nSPS) is 12.9. The molecule has 8 nitrogen and oxygen atoms in total. The lowest BCUT2D eigenvalue weighted by Crippen LogP contribution is -2.52. The van der Waals surface area contributed by atoms with Crippen molar-refractivity contribution in [1.82, 2.24) is 10.6 Å².